The van der Waals surface area contributed by atoms with Gasteiger partial charge >= 0.3 is 0 Å². The van der Waals surface area contributed by atoms with Crippen LogP contribution in [0.5, 0.6) is 0 Å². The summed E-state index contributed by atoms with van der Waals surface area (Å²) >= 11 is 6.23. The van der Waals surface area contributed by atoms with E-state index in [1.54, 1.807) is 0 Å². The lowest BCUT2D eigenvalue weighted by Gasteiger charge is -2.12. The van der Waals surface area contributed by atoms with Crippen LogP contribution in [0.4, 0.5) is 0 Å². The molecule has 0 saturated heterocycles. The first kappa shape index (κ1) is 11.5. The number of halogens is 1. The Bertz CT molecular complexity index is 528. The molecule has 0 aliphatic carbocycles. The molecule has 86 valence electrons. The van der Waals surface area contributed by atoms with Gasteiger partial charge in [-0.15, -0.1) is 0 Å². The molecule has 2 rings (SSSR count). The third-order valence-corrected chi connectivity index (χ3v) is 3.59. The zero-order valence-electron chi connectivity index (χ0n) is 10.1. The van der Waals surface area contributed by atoms with Gasteiger partial charge < -0.3 is 9.88 Å². The van der Waals surface area contributed by atoms with Crippen LogP contribution in [0, 0.1) is 6.92 Å². The fourth-order valence-electron chi connectivity index (χ4n) is 2.21. The lowest BCUT2D eigenvalue weighted by molar-refractivity contribution is 0.609. The minimum Gasteiger partial charge on any atom is -0.346 e. The molecular formula is C13H17ClN2. The number of hydrogen-bond donors (Lipinski definition) is 1. The summed E-state index contributed by atoms with van der Waals surface area (Å²) in [7, 11) is 4.06. The summed E-state index contributed by atoms with van der Waals surface area (Å²) in [6, 6.07) is 6.53. The van der Waals surface area contributed by atoms with E-state index in [4.69, 9.17) is 11.6 Å². The minimum absolute atomic E-state index is 0.327. The Morgan fingerprint density at radius 3 is 2.62 bits per heavy atom. The van der Waals surface area contributed by atoms with Crippen molar-refractivity contribution in [1.29, 1.82) is 0 Å². The van der Waals surface area contributed by atoms with Crippen LogP contribution in [0.15, 0.2) is 18.2 Å². The number of nitrogens with zero attached hydrogens (tertiary/aromatic N) is 1. The van der Waals surface area contributed by atoms with Crippen LogP contribution in [0.2, 0.25) is 5.02 Å². The molecule has 0 fully saturated rings. The van der Waals surface area contributed by atoms with Crippen LogP contribution in [0.1, 0.15) is 24.2 Å². The van der Waals surface area contributed by atoms with Crippen molar-refractivity contribution in [3.63, 3.8) is 0 Å². The van der Waals surface area contributed by atoms with Crippen molar-refractivity contribution in [2.45, 2.75) is 19.9 Å². The lowest BCUT2D eigenvalue weighted by atomic mass is 10.1. The summed E-state index contributed by atoms with van der Waals surface area (Å²) in [5, 5.41) is 5.22. The fraction of sp³-hybridized carbons (Fsp3) is 0.385. The van der Waals surface area contributed by atoms with E-state index >= 15 is 0 Å². The molecule has 16 heavy (non-hydrogen) atoms. The van der Waals surface area contributed by atoms with Gasteiger partial charge in [0, 0.05) is 29.2 Å². The maximum atomic E-state index is 6.23. The molecule has 0 bridgehead atoms. The van der Waals surface area contributed by atoms with Crippen LogP contribution in [-0.4, -0.2) is 11.6 Å². The normalized spacial score (nSPS) is 13.3. The number of benzene rings is 1. The third-order valence-electron chi connectivity index (χ3n) is 3.26. The average Bonchev–Trinajstić information content (AvgIpc) is 2.62. The highest BCUT2D eigenvalue weighted by Crippen LogP contribution is 2.30. The first-order valence-electron chi connectivity index (χ1n) is 5.48. The second kappa shape index (κ2) is 4.11. The predicted octanol–water partition coefficient (Wildman–Crippen LogP) is 3.42. The topological polar surface area (TPSA) is 17.0 Å². The lowest BCUT2D eigenvalue weighted by Crippen LogP contribution is -2.15. The molecule has 1 aromatic carbocycles. The van der Waals surface area contributed by atoms with Gasteiger partial charge in [-0.1, -0.05) is 17.7 Å². The molecule has 0 spiro atoms. The molecule has 0 aliphatic heterocycles. The average molecular weight is 237 g/mol. The number of hydrogen-bond acceptors (Lipinski definition) is 1. The molecule has 2 aromatic rings. The quantitative estimate of drug-likeness (QED) is 0.846. The number of aromatic nitrogens is 1. The molecule has 1 aromatic heterocycles. The summed E-state index contributed by atoms with van der Waals surface area (Å²) in [5.41, 5.74) is 3.75. The Hall–Kier alpha value is -0.990. The van der Waals surface area contributed by atoms with Crippen LogP contribution in [0.25, 0.3) is 10.9 Å². The van der Waals surface area contributed by atoms with Gasteiger partial charge in [0.2, 0.25) is 0 Å². The number of nitrogens with one attached hydrogen (secondary N) is 1. The molecule has 0 aliphatic rings. The SMILES string of the molecule is CNC(C)c1cc2c(Cl)ccc(C)c2n1C. The van der Waals surface area contributed by atoms with E-state index in [2.05, 4.69) is 42.9 Å². The van der Waals surface area contributed by atoms with E-state index in [1.807, 2.05) is 13.1 Å². The maximum absolute atomic E-state index is 6.23. The molecule has 1 N–H and O–H groups in total. The Labute approximate surface area is 101 Å². The largest absolute Gasteiger partial charge is 0.346 e. The van der Waals surface area contributed by atoms with Crippen molar-refractivity contribution in [3.05, 3.63) is 34.5 Å². The van der Waals surface area contributed by atoms with Gasteiger partial charge in [0.05, 0.1) is 5.52 Å². The smallest absolute Gasteiger partial charge is 0.0525 e. The van der Waals surface area contributed by atoms with E-state index in [1.165, 1.54) is 16.8 Å². The van der Waals surface area contributed by atoms with E-state index in [0.29, 0.717) is 6.04 Å². The Kier molecular flexibility index (Phi) is 2.96. The Morgan fingerprint density at radius 1 is 1.38 bits per heavy atom. The first-order valence-corrected chi connectivity index (χ1v) is 5.85. The van der Waals surface area contributed by atoms with E-state index in [-0.39, 0.29) is 0 Å². The Morgan fingerprint density at radius 2 is 2.06 bits per heavy atom. The van der Waals surface area contributed by atoms with Crippen molar-refractivity contribution in [3.8, 4) is 0 Å². The highest BCUT2D eigenvalue weighted by molar-refractivity contribution is 6.35. The Balaban J connectivity index is 2.77. The molecule has 2 nitrogen and oxygen atoms in total. The van der Waals surface area contributed by atoms with Gasteiger partial charge in [-0.05, 0) is 38.6 Å². The van der Waals surface area contributed by atoms with Crippen molar-refractivity contribution in [2.24, 2.45) is 7.05 Å². The van der Waals surface area contributed by atoms with Gasteiger partial charge in [-0.25, -0.2) is 0 Å². The van der Waals surface area contributed by atoms with Crippen molar-refractivity contribution in [1.82, 2.24) is 9.88 Å². The second-order valence-corrected chi connectivity index (χ2v) is 4.67. The molecule has 0 radical (unpaired) electrons. The maximum Gasteiger partial charge on any atom is 0.0525 e. The van der Waals surface area contributed by atoms with Crippen molar-refractivity contribution < 1.29 is 0 Å². The monoisotopic (exact) mass is 236 g/mol. The molecule has 1 atom stereocenters. The van der Waals surface area contributed by atoms with Crippen LogP contribution < -0.4 is 5.32 Å². The number of aryl methyl sites for hydroxylation is 2. The zero-order chi connectivity index (χ0) is 11.9. The standard InChI is InChI=1S/C13H17ClN2/c1-8-5-6-11(14)10-7-12(9(2)15-3)16(4)13(8)10/h5-7,9,15H,1-4H3. The van der Waals surface area contributed by atoms with Gasteiger partial charge in [0.15, 0.2) is 0 Å². The van der Waals surface area contributed by atoms with Crippen LogP contribution in [0.3, 0.4) is 0 Å². The summed E-state index contributed by atoms with van der Waals surface area (Å²) in [4.78, 5) is 0. The van der Waals surface area contributed by atoms with Crippen molar-refractivity contribution in [2.75, 3.05) is 7.05 Å². The highest BCUT2D eigenvalue weighted by Gasteiger charge is 2.13. The molecular weight excluding hydrogens is 220 g/mol. The number of rotatable bonds is 2. The fourth-order valence-corrected chi connectivity index (χ4v) is 2.42. The zero-order valence-corrected chi connectivity index (χ0v) is 10.9. The van der Waals surface area contributed by atoms with Gasteiger partial charge in [-0.3, -0.25) is 0 Å². The van der Waals surface area contributed by atoms with E-state index in [9.17, 15) is 0 Å². The summed E-state index contributed by atoms with van der Waals surface area (Å²) in [5.74, 6) is 0. The molecule has 0 amide bonds. The molecule has 1 unspecified atom stereocenters. The van der Waals surface area contributed by atoms with Crippen LogP contribution >= 0.6 is 11.6 Å². The molecule has 3 heteroatoms. The van der Waals surface area contributed by atoms with Crippen LogP contribution in [-0.2, 0) is 7.05 Å². The molecule has 0 saturated carbocycles. The van der Waals surface area contributed by atoms with Crippen molar-refractivity contribution >= 4 is 22.5 Å². The first-order chi connectivity index (χ1) is 7.56. The summed E-state index contributed by atoms with van der Waals surface area (Å²) in [6.07, 6.45) is 0. The predicted molar refractivity (Wildman–Crippen MR) is 70.1 cm³/mol. The third kappa shape index (κ3) is 1.62. The van der Waals surface area contributed by atoms with E-state index < -0.39 is 0 Å². The van der Waals surface area contributed by atoms with E-state index in [0.717, 1.165) is 10.4 Å². The van der Waals surface area contributed by atoms with Gasteiger partial charge in [0.25, 0.3) is 0 Å². The summed E-state index contributed by atoms with van der Waals surface area (Å²) in [6.45, 7) is 4.27. The second-order valence-electron chi connectivity index (χ2n) is 4.27. The minimum atomic E-state index is 0.327. The number of fused-ring (bicyclic) bond motifs is 1. The summed E-state index contributed by atoms with van der Waals surface area (Å²) < 4.78 is 2.22. The highest BCUT2D eigenvalue weighted by atomic mass is 35.5. The molecule has 1 heterocycles. The van der Waals surface area contributed by atoms with Gasteiger partial charge in [-0.2, -0.15) is 0 Å². The van der Waals surface area contributed by atoms with Gasteiger partial charge in [0.1, 0.15) is 0 Å².